The van der Waals surface area contributed by atoms with Crippen molar-refractivity contribution in [1.82, 2.24) is 15.8 Å². The Morgan fingerprint density at radius 2 is 1.96 bits per heavy atom. The summed E-state index contributed by atoms with van der Waals surface area (Å²) in [6.45, 7) is 0. The molecule has 0 saturated carbocycles. The van der Waals surface area contributed by atoms with E-state index in [4.69, 9.17) is 4.42 Å². The van der Waals surface area contributed by atoms with E-state index in [0.29, 0.717) is 10.8 Å². The van der Waals surface area contributed by atoms with Gasteiger partial charge in [-0.2, -0.15) is 0 Å². The number of nitrogens with one attached hydrogen (secondary N) is 2. The van der Waals surface area contributed by atoms with Crippen LogP contribution in [0.4, 0.5) is 0 Å². The van der Waals surface area contributed by atoms with Gasteiger partial charge in [-0.15, -0.1) is 11.3 Å². The fraction of sp³-hybridized carbons (Fsp3) is 0.235. The average Bonchev–Trinajstić information content (AvgIpc) is 3.36. The first-order chi connectivity index (χ1) is 12.9. The maximum atomic E-state index is 12.2. The molecule has 4 rings (SSSR count). The molecule has 3 heterocycles. The molecule has 10 heteroatoms. The number of para-hydroxylation sites is 1. The molecule has 8 nitrogen and oxygen atoms in total. The molecular formula is C17H15N3O5S2. The molecule has 1 fully saturated rings. The first kappa shape index (κ1) is 17.7. The van der Waals surface area contributed by atoms with Gasteiger partial charge in [0.1, 0.15) is 0 Å². The molecule has 0 radical (unpaired) electrons. The molecule has 1 saturated heterocycles. The second kappa shape index (κ2) is 6.78. The number of amides is 2. The maximum absolute atomic E-state index is 12.2. The van der Waals surface area contributed by atoms with Gasteiger partial charge in [-0.3, -0.25) is 20.4 Å². The summed E-state index contributed by atoms with van der Waals surface area (Å²) in [5.74, 6) is -1.54. The van der Waals surface area contributed by atoms with Gasteiger partial charge in [-0.05, 0) is 30.7 Å². The highest BCUT2D eigenvalue weighted by atomic mass is 32.2. The molecule has 0 unspecified atom stereocenters. The van der Waals surface area contributed by atoms with E-state index in [0.717, 1.165) is 10.2 Å². The normalized spacial score (nSPS) is 18.4. The number of fused-ring (bicyclic) bond motifs is 1. The summed E-state index contributed by atoms with van der Waals surface area (Å²) in [4.78, 5) is 28.6. The van der Waals surface area contributed by atoms with E-state index in [-0.39, 0.29) is 23.7 Å². The monoisotopic (exact) mass is 405 g/mol. The van der Waals surface area contributed by atoms with Gasteiger partial charge in [0.05, 0.1) is 27.6 Å². The Bertz CT molecular complexity index is 1100. The first-order valence-corrected chi connectivity index (χ1v) is 10.8. The molecule has 0 spiro atoms. The van der Waals surface area contributed by atoms with Crippen LogP contribution in [0.5, 0.6) is 0 Å². The molecule has 140 valence electrons. The van der Waals surface area contributed by atoms with Crippen LogP contribution in [-0.4, -0.2) is 36.7 Å². The molecule has 1 atom stereocenters. The van der Waals surface area contributed by atoms with Crippen LogP contribution < -0.4 is 10.9 Å². The fourth-order valence-corrected chi connectivity index (χ4v) is 5.51. The topological polar surface area (TPSA) is 118 Å². The van der Waals surface area contributed by atoms with Crippen LogP contribution in [0.25, 0.3) is 21.0 Å². The van der Waals surface area contributed by atoms with E-state index in [1.165, 1.54) is 17.4 Å². The lowest BCUT2D eigenvalue weighted by Crippen LogP contribution is -2.44. The highest BCUT2D eigenvalue weighted by Crippen LogP contribution is 2.31. The standard InChI is InChI=1S/C17H15N3O5S2/c21-15(10-7-8-27(23,24)9-10)19-20-16(22)12-5-6-13(25-12)17-18-11-3-1-2-4-14(11)26-17/h1-6,10H,7-9H2,(H,19,21)(H,20,22)/t10-/m0/s1. The van der Waals surface area contributed by atoms with Gasteiger partial charge >= 0.3 is 5.91 Å². The summed E-state index contributed by atoms with van der Waals surface area (Å²) >= 11 is 1.45. The number of rotatable bonds is 3. The molecule has 1 aliphatic rings. The molecule has 1 aromatic carbocycles. The largest absolute Gasteiger partial charge is 0.448 e. The van der Waals surface area contributed by atoms with Crippen LogP contribution in [-0.2, 0) is 14.6 Å². The zero-order chi connectivity index (χ0) is 19.0. The first-order valence-electron chi connectivity index (χ1n) is 8.18. The lowest BCUT2D eigenvalue weighted by Gasteiger charge is -2.09. The number of aromatic nitrogens is 1. The van der Waals surface area contributed by atoms with E-state index < -0.39 is 27.6 Å². The minimum atomic E-state index is -3.17. The number of sulfone groups is 1. The molecule has 0 bridgehead atoms. The molecule has 2 N–H and O–H groups in total. The van der Waals surface area contributed by atoms with Crippen molar-refractivity contribution in [3.8, 4) is 10.8 Å². The molecular weight excluding hydrogens is 390 g/mol. The molecule has 0 aliphatic carbocycles. The van der Waals surface area contributed by atoms with Gasteiger partial charge in [0.15, 0.2) is 26.4 Å². The zero-order valence-electron chi connectivity index (χ0n) is 14.0. The number of carbonyl (C=O) groups excluding carboxylic acids is 2. The van der Waals surface area contributed by atoms with Crippen LogP contribution in [0.2, 0.25) is 0 Å². The Kier molecular flexibility index (Phi) is 4.44. The van der Waals surface area contributed by atoms with Crippen molar-refractivity contribution in [3.63, 3.8) is 0 Å². The highest BCUT2D eigenvalue weighted by Gasteiger charge is 2.33. The average molecular weight is 405 g/mol. The Morgan fingerprint density at radius 1 is 1.15 bits per heavy atom. The van der Waals surface area contributed by atoms with E-state index in [1.54, 1.807) is 6.07 Å². The van der Waals surface area contributed by atoms with Crippen molar-refractivity contribution in [2.24, 2.45) is 5.92 Å². The van der Waals surface area contributed by atoms with Gasteiger partial charge in [0.2, 0.25) is 5.91 Å². The van der Waals surface area contributed by atoms with Crippen LogP contribution in [0.1, 0.15) is 17.0 Å². The van der Waals surface area contributed by atoms with Gasteiger partial charge in [0, 0.05) is 0 Å². The molecule has 3 aromatic rings. The lowest BCUT2D eigenvalue weighted by molar-refractivity contribution is -0.125. The summed E-state index contributed by atoms with van der Waals surface area (Å²) in [5.41, 5.74) is 5.35. The number of hydrazine groups is 1. The smallest absolute Gasteiger partial charge is 0.305 e. The Morgan fingerprint density at radius 3 is 2.70 bits per heavy atom. The van der Waals surface area contributed by atoms with E-state index in [2.05, 4.69) is 15.8 Å². The van der Waals surface area contributed by atoms with Crippen molar-refractivity contribution in [3.05, 3.63) is 42.2 Å². The van der Waals surface area contributed by atoms with Gasteiger partial charge in [-0.25, -0.2) is 13.4 Å². The van der Waals surface area contributed by atoms with E-state index >= 15 is 0 Å². The highest BCUT2D eigenvalue weighted by molar-refractivity contribution is 7.91. The molecule has 27 heavy (non-hydrogen) atoms. The number of benzene rings is 1. The second-order valence-corrected chi connectivity index (χ2v) is 9.45. The third-order valence-electron chi connectivity index (χ3n) is 4.24. The van der Waals surface area contributed by atoms with Crippen LogP contribution in [0.15, 0.2) is 40.8 Å². The SMILES string of the molecule is O=C(NNC(=O)[C@H]1CCS(=O)(=O)C1)c1ccc(-c2nc3ccccc3s2)o1. The number of hydrogen-bond acceptors (Lipinski definition) is 7. The zero-order valence-corrected chi connectivity index (χ0v) is 15.6. The second-order valence-electron chi connectivity index (χ2n) is 6.19. The number of hydrogen-bond donors (Lipinski definition) is 2. The van der Waals surface area contributed by atoms with Gasteiger partial charge < -0.3 is 4.42 Å². The lowest BCUT2D eigenvalue weighted by atomic mass is 10.1. The van der Waals surface area contributed by atoms with Gasteiger partial charge in [-0.1, -0.05) is 12.1 Å². The Balaban J connectivity index is 1.41. The predicted octanol–water partition coefficient (Wildman–Crippen LogP) is 1.75. The van der Waals surface area contributed by atoms with Crippen molar-refractivity contribution in [1.29, 1.82) is 0 Å². The number of nitrogens with zero attached hydrogens (tertiary/aromatic N) is 1. The predicted molar refractivity (Wildman–Crippen MR) is 99.7 cm³/mol. The van der Waals surface area contributed by atoms with Crippen molar-refractivity contribution < 1.29 is 22.4 Å². The van der Waals surface area contributed by atoms with Gasteiger partial charge in [0.25, 0.3) is 0 Å². The van der Waals surface area contributed by atoms with Crippen LogP contribution in [0, 0.1) is 5.92 Å². The quantitative estimate of drug-likeness (QED) is 0.641. The third kappa shape index (κ3) is 3.71. The maximum Gasteiger partial charge on any atom is 0.305 e. The van der Waals surface area contributed by atoms with Crippen molar-refractivity contribution in [2.75, 3.05) is 11.5 Å². The Labute approximate surface area is 158 Å². The van der Waals surface area contributed by atoms with E-state index in [9.17, 15) is 18.0 Å². The summed E-state index contributed by atoms with van der Waals surface area (Å²) in [7, 11) is -3.17. The number of carbonyl (C=O) groups is 2. The van der Waals surface area contributed by atoms with Crippen molar-refractivity contribution >= 4 is 43.2 Å². The van der Waals surface area contributed by atoms with Crippen molar-refractivity contribution in [2.45, 2.75) is 6.42 Å². The summed E-state index contributed by atoms with van der Waals surface area (Å²) in [6, 6.07) is 10.8. The molecule has 2 aromatic heterocycles. The summed E-state index contributed by atoms with van der Waals surface area (Å²) in [5, 5.41) is 0.649. The molecule has 2 amide bonds. The summed E-state index contributed by atoms with van der Waals surface area (Å²) in [6.07, 6.45) is 0.256. The number of thiazole rings is 1. The molecule has 1 aliphatic heterocycles. The third-order valence-corrected chi connectivity index (χ3v) is 7.06. The van der Waals surface area contributed by atoms with E-state index in [1.807, 2.05) is 24.3 Å². The van der Waals surface area contributed by atoms with Crippen LogP contribution in [0.3, 0.4) is 0 Å². The number of furan rings is 1. The summed E-state index contributed by atoms with van der Waals surface area (Å²) < 4.78 is 29.4. The minimum Gasteiger partial charge on any atom is -0.448 e. The fourth-order valence-electron chi connectivity index (χ4n) is 2.84. The van der Waals surface area contributed by atoms with Crippen LogP contribution >= 0.6 is 11.3 Å². The minimum absolute atomic E-state index is 0.0112. The Hall–Kier alpha value is -2.72.